The lowest BCUT2D eigenvalue weighted by atomic mass is 10.1. The highest BCUT2D eigenvalue weighted by atomic mass is 16.7. The number of benzene rings is 2. The smallest absolute Gasteiger partial charge is 0.263 e. The second-order valence-electron chi connectivity index (χ2n) is 6.81. The fourth-order valence-corrected chi connectivity index (χ4v) is 3.24. The van der Waals surface area contributed by atoms with E-state index < -0.39 is 5.91 Å². The van der Waals surface area contributed by atoms with Gasteiger partial charge in [-0.25, -0.2) is 0 Å². The van der Waals surface area contributed by atoms with Crippen LogP contribution in [0.25, 0.3) is 0 Å². The molecule has 29 heavy (non-hydrogen) atoms. The first kappa shape index (κ1) is 18.8. The monoisotopic (exact) mass is 392 g/mol. The number of amides is 1. The van der Waals surface area contributed by atoms with Gasteiger partial charge in [-0.1, -0.05) is 18.2 Å². The van der Waals surface area contributed by atoms with E-state index in [-0.39, 0.29) is 24.5 Å². The summed E-state index contributed by atoms with van der Waals surface area (Å²) in [6.07, 6.45) is 1.67. The van der Waals surface area contributed by atoms with Gasteiger partial charge < -0.3 is 24.5 Å². The van der Waals surface area contributed by atoms with Crippen molar-refractivity contribution >= 4 is 11.6 Å². The van der Waals surface area contributed by atoms with E-state index >= 15 is 0 Å². The van der Waals surface area contributed by atoms with Crippen molar-refractivity contribution in [3.05, 3.63) is 87.3 Å². The van der Waals surface area contributed by atoms with E-state index in [1.807, 2.05) is 12.1 Å². The first-order valence-corrected chi connectivity index (χ1v) is 9.15. The number of anilines is 1. The Bertz CT molecular complexity index is 1140. The quantitative estimate of drug-likeness (QED) is 0.697. The highest BCUT2D eigenvalue weighted by molar-refractivity contribution is 6.05. The van der Waals surface area contributed by atoms with Crippen molar-refractivity contribution in [2.75, 3.05) is 12.1 Å². The molecule has 2 N–H and O–H groups in total. The average molecular weight is 392 g/mol. The van der Waals surface area contributed by atoms with Gasteiger partial charge in [-0.3, -0.25) is 9.59 Å². The van der Waals surface area contributed by atoms with Crippen LogP contribution in [0.2, 0.25) is 0 Å². The summed E-state index contributed by atoms with van der Waals surface area (Å²) in [7, 11) is 0. The number of aryl methyl sites for hydroxylation is 1. The number of pyridine rings is 1. The first-order chi connectivity index (χ1) is 14.0. The van der Waals surface area contributed by atoms with Crippen LogP contribution in [0.1, 0.15) is 27.0 Å². The minimum atomic E-state index is -0.484. The molecular weight excluding hydrogens is 372 g/mol. The Labute approximate surface area is 167 Å². The van der Waals surface area contributed by atoms with E-state index in [0.29, 0.717) is 34.9 Å². The number of rotatable bonds is 5. The molecule has 0 saturated carbocycles. The van der Waals surface area contributed by atoms with E-state index in [1.54, 1.807) is 49.5 Å². The molecule has 0 radical (unpaired) electrons. The molecule has 0 atom stereocenters. The number of hydrogen-bond acceptors (Lipinski definition) is 5. The predicted molar refractivity (Wildman–Crippen MR) is 107 cm³/mol. The van der Waals surface area contributed by atoms with Crippen molar-refractivity contribution in [2.24, 2.45) is 0 Å². The van der Waals surface area contributed by atoms with Crippen LogP contribution < -0.4 is 20.3 Å². The van der Waals surface area contributed by atoms with Crippen LogP contribution in [0.15, 0.2) is 59.5 Å². The van der Waals surface area contributed by atoms with Crippen molar-refractivity contribution < 1.29 is 19.4 Å². The van der Waals surface area contributed by atoms with E-state index in [1.165, 1.54) is 4.57 Å². The molecule has 0 bridgehead atoms. The van der Waals surface area contributed by atoms with Gasteiger partial charge in [0.05, 0.1) is 13.2 Å². The number of aliphatic hydroxyl groups is 1. The van der Waals surface area contributed by atoms with E-state index in [2.05, 4.69) is 5.32 Å². The maximum atomic E-state index is 13.0. The standard InChI is InChI=1S/C22H20N2O5/c1-14-7-8-24(11-15-5-6-18-19(10-15)29-13-28-18)22(27)20(14)21(26)23-17-4-2-3-16(9-17)12-25/h2-10,25H,11-13H2,1H3,(H,23,26). The largest absolute Gasteiger partial charge is 0.454 e. The van der Waals surface area contributed by atoms with E-state index in [4.69, 9.17) is 9.47 Å². The third-order valence-corrected chi connectivity index (χ3v) is 4.76. The lowest BCUT2D eigenvalue weighted by Gasteiger charge is -2.12. The highest BCUT2D eigenvalue weighted by Gasteiger charge is 2.18. The summed E-state index contributed by atoms with van der Waals surface area (Å²) in [5.41, 5.74) is 2.36. The molecule has 0 spiro atoms. The zero-order valence-corrected chi connectivity index (χ0v) is 15.8. The molecule has 2 aromatic carbocycles. The van der Waals surface area contributed by atoms with Crippen molar-refractivity contribution in [3.63, 3.8) is 0 Å². The minimum Gasteiger partial charge on any atom is -0.454 e. The van der Waals surface area contributed by atoms with Crippen molar-refractivity contribution in [2.45, 2.75) is 20.1 Å². The summed E-state index contributed by atoms with van der Waals surface area (Å²) >= 11 is 0. The summed E-state index contributed by atoms with van der Waals surface area (Å²) in [6.45, 7) is 2.09. The van der Waals surface area contributed by atoms with Crippen LogP contribution in [-0.4, -0.2) is 22.4 Å². The second-order valence-corrected chi connectivity index (χ2v) is 6.81. The van der Waals surface area contributed by atoms with Gasteiger partial charge in [0.25, 0.3) is 11.5 Å². The zero-order valence-electron chi connectivity index (χ0n) is 15.8. The normalized spacial score (nSPS) is 12.1. The van der Waals surface area contributed by atoms with Crippen LogP contribution in [-0.2, 0) is 13.2 Å². The maximum Gasteiger partial charge on any atom is 0.263 e. The molecule has 1 aliphatic heterocycles. The third-order valence-electron chi connectivity index (χ3n) is 4.76. The molecule has 1 amide bonds. The summed E-state index contributed by atoms with van der Waals surface area (Å²) in [6, 6.07) is 14.1. The summed E-state index contributed by atoms with van der Waals surface area (Å²) < 4.78 is 12.2. The summed E-state index contributed by atoms with van der Waals surface area (Å²) in [5, 5.41) is 12.0. The number of nitrogens with one attached hydrogen (secondary N) is 1. The van der Waals surface area contributed by atoms with Crippen LogP contribution in [0.4, 0.5) is 5.69 Å². The van der Waals surface area contributed by atoms with Gasteiger partial charge >= 0.3 is 0 Å². The number of fused-ring (bicyclic) bond motifs is 1. The number of ether oxygens (including phenoxy) is 2. The van der Waals surface area contributed by atoms with E-state index in [0.717, 1.165) is 5.56 Å². The van der Waals surface area contributed by atoms with Gasteiger partial charge in [0.1, 0.15) is 5.56 Å². The molecule has 0 saturated heterocycles. The highest BCUT2D eigenvalue weighted by Crippen LogP contribution is 2.32. The van der Waals surface area contributed by atoms with Crippen molar-refractivity contribution in [3.8, 4) is 11.5 Å². The Morgan fingerprint density at radius 3 is 2.76 bits per heavy atom. The van der Waals surface area contributed by atoms with Gasteiger partial charge in [-0.2, -0.15) is 0 Å². The number of aliphatic hydroxyl groups excluding tert-OH is 1. The van der Waals surface area contributed by atoms with Gasteiger partial charge in [0.2, 0.25) is 6.79 Å². The molecule has 7 nitrogen and oxygen atoms in total. The van der Waals surface area contributed by atoms with Crippen LogP contribution in [0.5, 0.6) is 11.5 Å². The van der Waals surface area contributed by atoms with Crippen LogP contribution >= 0.6 is 0 Å². The molecule has 0 unspecified atom stereocenters. The third kappa shape index (κ3) is 3.86. The second kappa shape index (κ2) is 7.81. The maximum absolute atomic E-state index is 13.0. The Morgan fingerprint density at radius 2 is 1.93 bits per heavy atom. The molecule has 0 fully saturated rings. The Morgan fingerprint density at radius 1 is 1.10 bits per heavy atom. The van der Waals surface area contributed by atoms with Crippen molar-refractivity contribution in [1.82, 2.24) is 4.57 Å². The predicted octanol–water partition coefficient (Wildman–Crippen LogP) is 2.68. The topological polar surface area (TPSA) is 89.8 Å². The lowest BCUT2D eigenvalue weighted by molar-refractivity contribution is 0.102. The molecule has 1 aromatic heterocycles. The molecule has 0 aliphatic carbocycles. The van der Waals surface area contributed by atoms with Gasteiger partial charge in [-0.15, -0.1) is 0 Å². The average Bonchev–Trinajstić information content (AvgIpc) is 3.18. The molecule has 1 aliphatic rings. The SMILES string of the molecule is Cc1ccn(Cc2ccc3c(c2)OCO3)c(=O)c1C(=O)Nc1cccc(CO)c1. The fraction of sp³-hybridized carbons (Fsp3) is 0.182. The van der Waals surface area contributed by atoms with Crippen molar-refractivity contribution in [1.29, 1.82) is 0 Å². The van der Waals surface area contributed by atoms with Gasteiger partial charge in [-0.05, 0) is 53.9 Å². The van der Waals surface area contributed by atoms with E-state index in [9.17, 15) is 14.7 Å². The molecule has 7 heteroatoms. The van der Waals surface area contributed by atoms with Crippen LogP contribution in [0.3, 0.4) is 0 Å². The molecule has 4 rings (SSSR count). The molecule has 3 aromatic rings. The van der Waals surface area contributed by atoms with Gasteiger partial charge in [0, 0.05) is 11.9 Å². The fourth-order valence-electron chi connectivity index (χ4n) is 3.24. The molecule has 148 valence electrons. The van der Waals surface area contributed by atoms with Gasteiger partial charge in [0.15, 0.2) is 11.5 Å². The number of carbonyl (C=O) groups is 1. The lowest BCUT2D eigenvalue weighted by Crippen LogP contribution is -2.30. The Hall–Kier alpha value is -3.58. The Balaban J connectivity index is 1.61. The Kier molecular flexibility index (Phi) is 5.05. The summed E-state index contributed by atoms with van der Waals surface area (Å²) in [5.74, 6) is 0.835. The number of hydrogen-bond donors (Lipinski definition) is 2. The molecular formula is C22H20N2O5. The summed E-state index contributed by atoms with van der Waals surface area (Å²) in [4.78, 5) is 25.8. The van der Waals surface area contributed by atoms with Crippen LogP contribution in [0, 0.1) is 6.92 Å². The number of nitrogens with zero attached hydrogens (tertiary/aromatic N) is 1. The number of carbonyl (C=O) groups excluding carboxylic acids is 1. The minimum absolute atomic E-state index is 0.0858. The first-order valence-electron chi connectivity index (χ1n) is 9.15. The zero-order chi connectivity index (χ0) is 20.4. The number of aromatic nitrogens is 1. The molecule has 2 heterocycles.